The van der Waals surface area contributed by atoms with Gasteiger partial charge in [0.25, 0.3) is 16.0 Å². The summed E-state index contributed by atoms with van der Waals surface area (Å²) in [5.74, 6) is -0.945. The van der Waals surface area contributed by atoms with Gasteiger partial charge in [-0.25, -0.2) is 14.4 Å². The molecule has 2 N–H and O–H groups in total. The highest BCUT2D eigenvalue weighted by atomic mass is 32.2. The summed E-state index contributed by atoms with van der Waals surface area (Å²) in [4.78, 5) is 27.4. The van der Waals surface area contributed by atoms with Gasteiger partial charge < -0.3 is 10.6 Å². The van der Waals surface area contributed by atoms with Crippen LogP contribution in [0.3, 0.4) is 0 Å². The Hall–Kier alpha value is -4.32. The van der Waals surface area contributed by atoms with Crippen molar-refractivity contribution in [1.82, 2.24) is 14.9 Å². The third kappa shape index (κ3) is 6.88. The van der Waals surface area contributed by atoms with Gasteiger partial charge in [-0.05, 0) is 55.1 Å². The monoisotopic (exact) mass is 577 g/mol. The molecule has 0 fully saturated rings. The van der Waals surface area contributed by atoms with Gasteiger partial charge in [0, 0.05) is 37.6 Å². The van der Waals surface area contributed by atoms with Crippen molar-refractivity contribution in [3.05, 3.63) is 119 Å². The van der Waals surface area contributed by atoms with Crippen molar-refractivity contribution in [3.63, 3.8) is 0 Å². The number of nitrogens with zero attached hydrogens (tertiary/aromatic N) is 4. The lowest BCUT2D eigenvalue weighted by Gasteiger charge is -2.32. The fourth-order valence-electron chi connectivity index (χ4n) is 4.24. The van der Waals surface area contributed by atoms with Gasteiger partial charge in [0.1, 0.15) is 12.1 Å². The molecule has 1 amide bonds. The SMILES string of the molecule is C=NC(C(=O)N(C)C)(c1cccc(COS(=O)(=O)C2=CCC=CC=C2)c1)c1ccc(F)c(-c2cncnc2)c1.CN. The zero-order valence-corrected chi connectivity index (χ0v) is 23.9. The topological polar surface area (TPSA) is 128 Å². The third-order valence-corrected chi connectivity index (χ3v) is 7.49. The van der Waals surface area contributed by atoms with Crippen molar-refractivity contribution in [1.29, 1.82) is 0 Å². The zero-order chi connectivity index (χ0) is 30.0. The first kappa shape index (κ1) is 31.2. The van der Waals surface area contributed by atoms with Crippen LogP contribution in [-0.4, -0.2) is 57.1 Å². The van der Waals surface area contributed by atoms with Crippen molar-refractivity contribution in [2.45, 2.75) is 18.6 Å². The molecule has 214 valence electrons. The Kier molecular flexibility index (Phi) is 10.5. The minimum Gasteiger partial charge on any atom is -0.346 e. The maximum absolute atomic E-state index is 14.9. The van der Waals surface area contributed by atoms with Gasteiger partial charge in [-0.1, -0.05) is 54.6 Å². The fraction of sp³-hybridized carbons (Fsp3) is 0.200. The number of rotatable bonds is 9. The molecule has 3 aromatic rings. The van der Waals surface area contributed by atoms with Crippen molar-refractivity contribution in [2.24, 2.45) is 10.7 Å². The second kappa shape index (κ2) is 13.8. The van der Waals surface area contributed by atoms with Crippen LogP contribution in [0.4, 0.5) is 4.39 Å². The molecule has 1 aliphatic rings. The van der Waals surface area contributed by atoms with Crippen LogP contribution in [0, 0.1) is 5.82 Å². The number of aromatic nitrogens is 2. The fourth-order valence-corrected chi connectivity index (χ4v) is 5.22. The zero-order valence-electron chi connectivity index (χ0n) is 23.1. The number of carbonyl (C=O) groups is 1. The summed E-state index contributed by atoms with van der Waals surface area (Å²) < 4.78 is 45.8. The van der Waals surface area contributed by atoms with Gasteiger partial charge in [-0.15, -0.1) is 0 Å². The van der Waals surface area contributed by atoms with Crippen molar-refractivity contribution < 1.29 is 21.8 Å². The highest BCUT2D eigenvalue weighted by Gasteiger charge is 2.43. The Labute approximate surface area is 239 Å². The van der Waals surface area contributed by atoms with E-state index in [1.807, 2.05) is 6.08 Å². The van der Waals surface area contributed by atoms with E-state index in [-0.39, 0.29) is 17.1 Å². The summed E-state index contributed by atoms with van der Waals surface area (Å²) in [7, 11) is 0.655. The standard InChI is InChI=1S/C29H27FN4O4S.CH5N/c1-31-29(28(35)34(2)3,24-13-14-27(30)26(16-24)22-17-32-20-33-18-22)23-10-8-9-21(15-23)19-38-39(36,37)25-11-6-4-5-7-12-25;1-2/h4-6,8-18,20H,1,7,19H2,2-3H3;2H2,1H3. The highest BCUT2D eigenvalue weighted by molar-refractivity contribution is 7.90. The summed E-state index contributed by atoms with van der Waals surface area (Å²) >= 11 is 0. The summed E-state index contributed by atoms with van der Waals surface area (Å²) in [6, 6.07) is 10.9. The van der Waals surface area contributed by atoms with E-state index in [1.165, 1.54) is 54.9 Å². The highest BCUT2D eigenvalue weighted by Crippen LogP contribution is 2.38. The number of hydrogen-bond donors (Lipinski definition) is 1. The molecular weight excluding hydrogens is 545 g/mol. The second-order valence-corrected chi connectivity index (χ2v) is 10.6. The van der Waals surface area contributed by atoms with E-state index in [0.29, 0.717) is 28.7 Å². The molecule has 2 aromatic carbocycles. The molecule has 11 heteroatoms. The predicted octanol–water partition coefficient (Wildman–Crippen LogP) is 4.14. The number of benzene rings is 2. The minimum absolute atomic E-state index is 0.0669. The smallest absolute Gasteiger partial charge is 0.296 e. The molecule has 0 saturated heterocycles. The molecule has 41 heavy (non-hydrogen) atoms. The van der Waals surface area contributed by atoms with Gasteiger partial charge in [-0.3, -0.25) is 14.0 Å². The van der Waals surface area contributed by atoms with Crippen LogP contribution in [-0.2, 0) is 31.2 Å². The molecule has 4 rings (SSSR count). The third-order valence-electron chi connectivity index (χ3n) is 6.19. The average Bonchev–Trinajstić information content (AvgIpc) is 3.30. The average molecular weight is 578 g/mol. The van der Waals surface area contributed by atoms with Crippen LogP contribution in [0.5, 0.6) is 0 Å². The van der Waals surface area contributed by atoms with Crippen LogP contribution in [0.15, 0.2) is 101 Å². The van der Waals surface area contributed by atoms with E-state index in [9.17, 15) is 17.6 Å². The number of nitrogens with two attached hydrogens (primary N) is 1. The van der Waals surface area contributed by atoms with Crippen LogP contribution >= 0.6 is 0 Å². The second-order valence-electron chi connectivity index (χ2n) is 8.94. The molecule has 0 saturated carbocycles. The van der Waals surface area contributed by atoms with Gasteiger partial charge in [0.2, 0.25) is 0 Å². The predicted molar refractivity (Wildman–Crippen MR) is 158 cm³/mol. The maximum atomic E-state index is 14.9. The number of likely N-dealkylation sites (N-methyl/N-ethyl adjacent to an activating group) is 1. The maximum Gasteiger partial charge on any atom is 0.296 e. The van der Waals surface area contributed by atoms with Crippen LogP contribution in [0.2, 0.25) is 0 Å². The lowest BCUT2D eigenvalue weighted by molar-refractivity contribution is -0.133. The van der Waals surface area contributed by atoms with Crippen LogP contribution < -0.4 is 5.73 Å². The lowest BCUT2D eigenvalue weighted by Crippen LogP contribution is -2.43. The molecule has 9 nitrogen and oxygen atoms in total. The summed E-state index contributed by atoms with van der Waals surface area (Å²) in [5.41, 5.74) is 4.73. The number of amides is 1. The first-order valence-corrected chi connectivity index (χ1v) is 13.9. The molecule has 0 aliphatic heterocycles. The Morgan fingerprint density at radius 1 is 1.12 bits per heavy atom. The quantitative estimate of drug-likeness (QED) is 0.299. The number of hydrogen-bond acceptors (Lipinski definition) is 8. The molecular formula is C30H32FN5O4S. The van der Waals surface area contributed by atoms with Crippen molar-refractivity contribution in [3.8, 4) is 11.1 Å². The largest absolute Gasteiger partial charge is 0.346 e. The molecule has 0 spiro atoms. The van der Waals surface area contributed by atoms with Crippen LogP contribution in [0.25, 0.3) is 11.1 Å². The molecule has 1 aromatic heterocycles. The Bertz CT molecular complexity index is 1590. The van der Waals surface area contributed by atoms with E-state index in [1.54, 1.807) is 56.6 Å². The number of carbonyl (C=O) groups excluding carboxylic acids is 1. The Morgan fingerprint density at radius 2 is 1.83 bits per heavy atom. The molecule has 1 heterocycles. The van der Waals surface area contributed by atoms with E-state index >= 15 is 0 Å². The summed E-state index contributed by atoms with van der Waals surface area (Å²) in [6.45, 7) is 3.47. The Morgan fingerprint density at radius 3 is 2.51 bits per heavy atom. The first-order chi connectivity index (χ1) is 19.7. The van der Waals surface area contributed by atoms with Crippen molar-refractivity contribution in [2.75, 3.05) is 21.1 Å². The lowest BCUT2D eigenvalue weighted by atomic mass is 9.80. The number of aliphatic imine (C=N–C) groups is 1. The number of allylic oxidation sites excluding steroid dienone is 5. The minimum atomic E-state index is -4.01. The van der Waals surface area contributed by atoms with Gasteiger partial charge in [-0.2, -0.15) is 8.42 Å². The van der Waals surface area contributed by atoms with Crippen LogP contribution in [0.1, 0.15) is 23.1 Å². The number of halogens is 1. The van der Waals surface area contributed by atoms with Gasteiger partial charge in [0.15, 0.2) is 5.54 Å². The molecule has 0 radical (unpaired) electrons. The van der Waals surface area contributed by atoms with E-state index in [0.717, 1.165) is 0 Å². The van der Waals surface area contributed by atoms with Gasteiger partial charge in [0.05, 0.1) is 11.5 Å². The van der Waals surface area contributed by atoms with E-state index in [4.69, 9.17) is 4.18 Å². The first-order valence-electron chi connectivity index (χ1n) is 12.5. The Balaban J connectivity index is 0.00000226. The van der Waals surface area contributed by atoms with E-state index < -0.39 is 27.4 Å². The molecule has 0 bridgehead atoms. The molecule has 1 aliphatic carbocycles. The molecule has 1 unspecified atom stereocenters. The summed E-state index contributed by atoms with van der Waals surface area (Å²) in [5, 5.41) is 0. The van der Waals surface area contributed by atoms with Gasteiger partial charge >= 0.3 is 0 Å². The van der Waals surface area contributed by atoms with E-state index in [2.05, 4.69) is 27.4 Å². The summed E-state index contributed by atoms with van der Waals surface area (Å²) in [6.07, 6.45) is 13.0. The molecule has 1 atom stereocenters. The normalized spacial score (nSPS) is 14.1. The van der Waals surface area contributed by atoms with Crippen molar-refractivity contribution >= 4 is 22.7 Å².